The molecule has 0 spiro atoms. The first kappa shape index (κ1) is 9.46. The fourth-order valence-electron chi connectivity index (χ4n) is 1.84. The van der Waals surface area contributed by atoms with Crippen LogP contribution in [0.5, 0.6) is 0 Å². The Bertz CT molecular complexity index is 268. The molecule has 2 rings (SSSR count). The Hall–Kier alpha value is -1.09. The van der Waals surface area contributed by atoms with E-state index in [1.807, 2.05) is 12.1 Å². The van der Waals surface area contributed by atoms with Crippen molar-refractivity contribution >= 4 is 5.82 Å². The summed E-state index contributed by atoms with van der Waals surface area (Å²) in [6, 6.07) is 6.79. The van der Waals surface area contributed by atoms with Crippen molar-refractivity contribution in [2.24, 2.45) is 5.92 Å². The minimum atomic E-state index is 0.323. The van der Waals surface area contributed by atoms with Crippen LogP contribution in [0, 0.1) is 12.0 Å². The van der Waals surface area contributed by atoms with Gasteiger partial charge in [0.25, 0.3) is 0 Å². The summed E-state index contributed by atoms with van der Waals surface area (Å²) in [5.74, 6) is 1.52. The second-order valence-corrected chi connectivity index (χ2v) is 3.73. The van der Waals surface area contributed by atoms with Gasteiger partial charge < -0.3 is 10.0 Å². The molecule has 75 valence electrons. The number of rotatable bonds is 2. The molecule has 1 N–H and O–H groups in total. The second-order valence-electron chi connectivity index (χ2n) is 3.73. The van der Waals surface area contributed by atoms with Gasteiger partial charge in [0.2, 0.25) is 0 Å². The Labute approximate surface area is 84.4 Å². The molecule has 1 radical (unpaired) electrons. The first-order valence-corrected chi connectivity index (χ1v) is 5.08. The Morgan fingerprint density at radius 3 is 2.86 bits per heavy atom. The van der Waals surface area contributed by atoms with Gasteiger partial charge in [-0.2, -0.15) is 0 Å². The quantitative estimate of drug-likeness (QED) is 0.760. The minimum Gasteiger partial charge on any atom is -0.396 e. The molecule has 1 fully saturated rings. The third-order valence-electron chi connectivity index (χ3n) is 2.80. The topological polar surface area (TPSA) is 36.4 Å². The minimum absolute atomic E-state index is 0.323. The SMILES string of the molecule is OCC1CCN(c2cc[c]cn2)CC1. The van der Waals surface area contributed by atoms with Crippen molar-refractivity contribution in [3.8, 4) is 0 Å². The van der Waals surface area contributed by atoms with E-state index in [9.17, 15) is 0 Å². The van der Waals surface area contributed by atoms with E-state index >= 15 is 0 Å². The number of hydrogen-bond donors (Lipinski definition) is 1. The summed E-state index contributed by atoms with van der Waals surface area (Å²) in [6.07, 6.45) is 3.83. The Morgan fingerprint density at radius 2 is 2.29 bits per heavy atom. The maximum atomic E-state index is 9.01. The highest BCUT2D eigenvalue weighted by molar-refractivity contribution is 5.37. The number of anilines is 1. The van der Waals surface area contributed by atoms with Gasteiger partial charge >= 0.3 is 0 Å². The molecule has 0 saturated carbocycles. The predicted octanol–water partition coefficient (Wildman–Crippen LogP) is 1.09. The summed E-state index contributed by atoms with van der Waals surface area (Å²) < 4.78 is 0. The Balaban J connectivity index is 1.96. The monoisotopic (exact) mass is 191 g/mol. The van der Waals surface area contributed by atoms with E-state index < -0.39 is 0 Å². The molecule has 1 aliphatic heterocycles. The average molecular weight is 191 g/mol. The summed E-state index contributed by atoms with van der Waals surface area (Å²) in [5.41, 5.74) is 0. The van der Waals surface area contributed by atoms with Gasteiger partial charge in [-0.1, -0.05) is 0 Å². The molecule has 0 aromatic carbocycles. The predicted molar refractivity (Wildman–Crippen MR) is 55.1 cm³/mol. The van der Waals surface area contributed by atoms with E-state index in [0.717, 1.165) is 31.7 Å². The zero-order chi connectivity index (χ0) is 9.80. The lowest BCUT2D eigenvalue weighted by atomic mass is 9.98. The highest BCUT2D eigenvalue weighted by atomic mass is 16.3. The molecule has 1 aromatic rings. The van der Waals surface area contributed by atoms with Gasteiger partial charge in [0.1, 0.15) is 5.82 Å². The number of hydrogen-bond acceptors (Lipinski definition) is 3. The lowest BCUT2D eigenvalue weighted by Crippen LogP contribution is -2.35. The molecular weight excluding hydrogens is 176 g/mol. The molecule has 0 bridgehead atoms. The molecule has 0 unspecified atom stereocenters. The van der Waals surface area contributed by atoms with Gasteiger partial charge in [-0.15, -0.1) is 0 Å². The van der Waals surface area contributed by atoms with Crippen LogP contribution in [-0.4, -0.2) is 29.8 Å². The first-order chi connectivity index (χ1) is 6.90. The fourth-order valence-corrected chi connectivity index (χ4v) is 1.84. The molecule has 0 aliphatic carbocycles. The lowest BCUT2D eigenvalue weighted by molar-refractivity contribution is 0.203. The van der Waals surface area contributed by atoms with Crippen LogP contribution in [0.2, 0.25) is 0 Å². The number of pyridine rings is 1. The van der Waals surface area contributed by atoms with E-state index in [-0.39, 0.29) is 0 Å². The summed E-state index contributed by atoms with van der Waals surface area (Å²) in [6.45, 7) is 2.33. The summed E-state index contributed by atoms with van der Waals surface area (Å²) in [7, 11) is 0. The summed E-state index contributed by atoms with van der Waals surface area (Å²) in [4.78, 5) is 6.53. The Kier molecular flexibility index (Phi) is 2.99. The van der Waals surface area contributed by atoms with Crippen LogP contribution in [-0.2, 0) is 0 Å². The zero-order valence-electron chi connectivity index (χ0n) is 8.19. The normalized spacial score (nSPS) is 18.5. The molecule has 3 heteroatoms. The van der Waals surface area contributed by atoms with Crippen LogP contribution >= 0.6 is 0 Å². The third-order valence-corrected chi connectivity index (χ3v) is 2.80. The van der Waals surface area contributed by atoms with Gasteiger partial charge in [0.05, 0.1) is 0 Å². The largest absolute Gasteiger partial charge is 0.396 e. The lowest BCUT2D eigenvalue weighted by Gasteiger charge is -2.31. The van der Waals surface area contributed by atoms with Crippen LogP contribution < -0.4 is 4.90 Å². The van der Waals surface area contributed by atoms with Gasteiger partial charge in [-0.25, -0.2) is 4.98 Å². The number of aliphatic hydroxyl groups excluding tert-OH is 1. The van der Waals surface area contributed by atoms with E-state index in [4.69, 9.17) is 5.11 Å². The first-order valence-electron chi connectivity index (χ1n) is 5.08. The van der Waals surface area contributed by atoms with Crippen molar-refractivity contribution < 1.29 is 5.11 Å². The van der Waals surface area contributed by atoms with E-state index in [2.05, 4.69) is 16.0 Å². The second kappa shape index (κ2) is 4.42. The van der Waals surface area contributed by atoms with Crippen LogP contribution in [0.25, 0.3) is 0 Å². The molecule has 14 heavy (non-hydrogen) atoms. The van der Waals surface area contributed by atoms with E-state index in [1.165, 1.54) is 0 Å². The smallest absolute Gasteiger partial charge is 0.128 e. The summed E-state index contributed by atoms with van der Waals surface area (Å²) >= 11 is 0. The van der Waals surface area contributed by atoms with Gasteiger partial charge in [-0.3, -0.25) is 0 Å². The van der Waals surface area contributed by atoms with Gasteiger partial charge in [0.15, 0.2) is 0 Å². The fraction of sp³-hybridized carbons (Fsp3) is 0.545. The number of aromatic nitrogens is 1. The third kappa shape index (κ3) is 2.04. The molecule has 1 aliphatic rings. The highest BCUT2D eigenvalue weighted by Gasteiger charge is 2.18. The molecule has 2 heterocycles. The van der Waals surface area contributed by atoms with Gasteiger partial charge in [0, 0.05) is 32.0 Å². The Morgan fingerprint density at radius 1 is 1.50 bits per heavy atom. The zero-order valence-corrected chi connectivity index (χ0v) is 8.19. The van der Waals surface area contributed by atoms with Crippen LogP contribution in [0.15, 0.2) is 18.3 Å². The molecule has 0 atom stereocenters. The van der Waals surface area contributed by atoms with Crippen molar-refractivity contribution in [3.05, 3.63) is 24.4 Å². The van der Waals surface area contributed by atoms with Crippen molar-refractivity contribution in [2.75, 3.05) is 24.6 Å². The molecule has 0 amide bonds. The van der Waals surface area contributed by atoms with Crippen LogP contribution in [0.3, 0.4) is 0 Å². The van der Waals surface area contributed by atoms with Gasteiger partial charge in [-0.05, 0) is 30.9 Å². The summed E-state index contributed by atoms with van der Waals surface area (Å²) in [5, 5.41) is 9.01. The van der Waals surface area contributed by atoms with E-state index in [1.54, 1.807) is 6.20 Å². The molecule has 1 aromatic heterocycles. The number of piperidine rings is 1. The highest BCUT2D eigenvalue weighted by Crippen LogP contribution is 2.20. The maximum Gasteiger partial charge on any atom is 0.128 e. The van der Waals surface area contributed by atoms with Crippen molar-refractivity contribution in [1.29, 1.82) is 0 Å². The van der Waals surface area contributed by atoms with E-state index in [0.29, 0.717) is 12.5 Å². The molecular formula is C11H15N2O. The van der Waals surface area contributed by atoms with Crippen LogP contribution in [0.4, 0.5) is 5.82 Å². The van der Waals surface area contributed by atoms with Crippen molar-refractivity contribution in [1.82, 2.24) is 4.98 Å². The molecule has 1 saturated heterocycles. The average Bonchev–Trinajstić information content (AvgIpc) is 2.30. The van der Waals surface area contributed by atoms with Crippen LogP contribution in [0.1, 0.15) is 12.8 Å². The standard InChI is InChI=1S/C11H15N2O/c14-9-10-4-7-13(8-5-10)11-3-1-2-6-12-11/h1,3,6,10,14H,4-5,7-9H2. The molecule has 3 nitrogen and oxygen atoms in total. The van der Waals surface area contributed by atoms with Crippen molar-refractivity contribution in [3.63, 3.8) is 0 Å². The number of nitrogens with zero attached hydrogens (tertiary/aromatic N) is 2. The van der Waals surface area contributed by atoms with Crippen molar-refractivity contribution in [2.45, 2.75) is 12.8 Å². The number of aliphatic hydroxyl groups is 1. The maximum absolute atomic E-state index is 9.01.